The van der Waals surface area contributed by atoms with Crippen LogP contribution in [0.5, 0.6) is 0 Å². The first-order valence-electron chi connectivity index (χ1n) is 10.4. The SMILES string of the molecule is CCS(=O)(=O)N1CCC(C(=O)NCc2ccc(-n3nc(C)cc3C)cc2C(F)(F)F)CC1. The van der Waals surface area contributed by atoms with Gasteiger partial charge < -0.3 is 5.32 Å². The highest BCUT2D eigenvalue weighted by Gasteiger charge is 2.35. The van der Waals surface area contributed by atoms with Crippen LogP contribution in [-0.2, 0) is 27.5 Å². The van der Waals surface area contributed by atoms with Gasteiger partial charge >= 0.3 is 6.18 Å². The molecule has 32 heavy (non-hydrogen) atoms. The molecular formula is C21H27F3N4O3S. The highest BCUT2D eigenvalue weighted by Crippen LogP contribution is 2.34. The van der Waals surface area contributed by atoms with E-state index in [-0.39, 0.29) is 36.9 Å². The van der Waals surface area contributed by atoms with Crippen molar-refractivity contribution in [2.75, 3.05) is 18.8 Å². The van der Waals surface area contributed by atoms with E-state index in [1.165, 1.54) is 15.1 Å². The third-order valence-corrected chi connectivity index (χ3v) is 7.57. The smallest absolute Gasteiger partial charge is 0.352 e. The Morgan fingerprint density at radius 2 is 1.84 bits per heavy atom. The third-order valence-electron chi connectivity index (χ3n) is 5.69. The normalized spacial score (nSPS) is 16.3. The maximum absolute atomic E-state index is 13.7. The number of sulfonamides is 1. The van der Waals surface area contributed by atoms with Crippen LogP contribution in [0, 0.1) is 19.8 Å². The molecule has 1 aromatic carbocycles. The summed E-state index contributed by atoms with van der Waals surface area (Å²) in [5, 5.41) is 6.83. The molecule has 176 valence electrons. The molecule has 0 bridgehead atoms. The van der Waals surface area contributed by atoms with E-state index in [0.29, 0.717) is 29.9 Å². The summed E-state index contributed by atoms with van der Waals surface area (Å²) in [4.78, 5) is 12.5. The fourth-order valence-electron chi connectivity index (χ4n) is 3.91. The van der Waals surface area contributed by atoms with E-state index in [4.69, 9.17) is 0 Å². The molecule has 0 aliphatic carbocycles. The molecular weight excluding hydrogens is 445 g/mol. The molecule has 3 rings (SSSR count). The van der Waals surface area contributed by atoms with Crippen molar-refractivity contribution in [1.29, 1.82) is 0 Å². The van der Waals surface area contributed by atoms with Crippen molar-refractivity contribution >= 4 is 15.9 Å². The van der Waals surface area contributed by atoms with Crippen molar-refractivity contribution in [3.8, 4) is 5.69 Å². The van der Waals surface area contributed by atoms with Gasteiger partial charge in [-0.15, -0.1) is 0 Å². The third kappa shape index (κ3) is 5.32. The van der Waals surface area contributed by atoms with Crippen LogP contribution in [-0.4, -0.2) is 47.3 Å². The van der Waals surface area contributed by atoms with E-state index in [1.54, 1.807) is 32.9 Å². The van der Waals surface area contributed by atoms with Gasteiger partial charge in [-0.05, 0) is 57.4 Å². The van der Waals surface area contributed by atoms with Gasteiger partial charge in [-0.25, -0.2) is 17.4 Å². The second-order valence-electron chi connectivity index (χ2n) is 7.97. The number of nitrogens with zero attached hydrogens (tertiary/aromatic N) is 3. The van der Waals surface area contributed by atoms with Crippen molar-refractivity contribution in [2.24, 2.45) is 5.92 Å². The van der Waals surface area contributed by atoms with Crippen molar-refractivity contribution in [3.63, 3.8) is 0 Å². The number of benzene rings is 1. The van der Waals surface area contributed by atoms with Crippen LogP contribution in [0.1, 0.15) is 42.3 Å². The highest BCUT2D eigenvalue weighted by atomic mass is 32.2. The van der Waals surface area contributed by atoms with Gasteiger partial charge in [0.2, 0.25) is 15.9 Å². The number of alkyl halides is 3. The van der Waals surface area contributed by atoms with Gasteiger partial charge in [0, 0.05) is 31.2 Å². The number of aryl methyl sites for hydroxylation is 2. The number of nitrogens with one attached hydrogen (secondary N) is 1. The lowest BCUT2D eigenvalue weighted by molar-refractivity contribution is -0.138. The number of carbonyl (C=O) groups excluding carboxylic acids is 1. The molecule has 1 aliphatic heterocycles. The largest absolute Gasteiger partial charge is 0.416 e. The average Bonchev–Trinajstić information content (AvgIpc) is 3.09. The Balaban J connectivity index is 1.71. The fraction of sp³-hybridized carbons (Fsp3) is 0.524. The second-order valence-corrected chi connectivity index (χ2v) is 10.2. The van der Waals surface area contributed by atoms with Crippen LogP contribution in [0.3, 0.4) is 0 Å². The molecule has 1 aliphatic rings. The van der Waals surface area contributed by atoms with E-state index < -0.39 is 27.7 Å². The van der Waals surface area contributed by atoms with Gasteiger partial charge in [0.15, 0.2) is 0 Å². The first-order chi connectivity index (χ1) is 14.9. The average molecular weight is 473 g/mol. The molecule has 11 heteroatoms. The number of aromatic nitrogens is 2. The summed E-state index contributed by atoms with van der Waals surface area (Å²) in [6.45, 7) is 5.29. The van der Waals surface area contributed by atoms with Crippen molar-refractivity contribution in [2.45, 2.75) is 46.3 Å². The molecule has 0 unspecified atom stereocenters. The lowest BCUT2D eigenvalue weighted by Gasteiger charge is -2.30. The summed E-state index contributed by atoms with van der Waals surface area (Å²) in [6, 6.07) is 5.71. The van der Waals surface area contributed by atoms with E-state index in [0.717, 1.165) is 6.07 Å². The molecule has 0 spiro atoms. The zero-order valence-electron chi connectivity index (χ0n) is 18.2. The van der Waals surface area contributed by atoms with Gasteiger partial charge in [0.05, 0.1) is 22.7 Å². The van der Waals surface area contributed by atoms with Crippen LogP contribution < -0.4 is 5.32 Å². The molecule has 1 fully saturated rings. The van der Waals surface area contributed by atoms with E-state index in [2.05, 4.69) is 10.4 Å². The molecule has 1 amide bonds. The Morgan fingerprint density at radius 1 is 1.19 bits per heavy atom. The Bertz CT molecular complexity index is 1090. The number of piperidine rings is 1. The minimum absolute atomic E-state index is 0.00228. The predicted octanol–water partition coefficient (Wildman–Crippen LogP) is 3.19. The summed E-state index contributed by atoms with van der Waals surface area (Å²) in [6.07, 6.45) is -3.91. The molecule has 7 nitrogen and oxygen atoms in total. The minimum Gasteiger partial charge on any atom is -0.352 e. The molecule has 1 aromatic heterocycles. The van der Waals surface area contributed by atoms with Crippen LogP contribution in [0.4, 0.5) is 13.2 Å². The Hall–Kier alpha value is -2.40. The molecule has 0 saturated carbocycles. The van der Waals surface area contributed by atoms with Crippen molar-refractivity contribution < 1.29 is 26.4 Å². The zero-order valence-corrected chi connectivity index (χ0v) is 19.1. The molecule has 2 aromatic rings. The number of amides is 1. The minimum atomic E-state index is -4.59. The molecule has 0 atom stereocenters. The summed E-state index contributed by atoms with van der Waals surface area (Å²) in [5.41, 5.74) is 0.842. The predicted molar refractivity (Wildman–Crippen MR) is 114 cm³/mol. The van der Waals surface area contributed by atoms with E-state index in [9.17, 15) is 26.4 Å². The van der Waals surface area contributed by atoms with Crippen LogP contribution in [0.2, 0.25) is 0 Å². The lowest BCUT2D eigenvalue weighted by atomic mass is 9.97. The van der Waals surface area contributed by atoms with Gasteiger partial charge in [-0.1, -0.05) is 6.07 Å². The summed E-state index contributed by atoms with van der Waals surface area (Å²) < 4.78 is 67.8. The van der Waals surface area contributed by atoms with Gasteiger partial charge in [0.25, 0.3) is 0 Å². The van der Waals surface area contributed by atoms with E-state index >= 15 is 0 Å². The van der Waals surface area contributed by atoms with Gasteiger partial charge in [0.1, 0.15) is 0 Å². The molecule has 0 radical (unpaired) electrons. The first-order valence-corrected chi connectivity index (χ1v) is 12.0. The number of hydrogen-bond donors (Lipinski definition) is 1. The maximum Gasteiger partial charge on any atom is 0.416 e. The van der Waals surface area contributed by atoms with E-state index in [1.807, 2.05) is 0 Å². The number of carbonyl (C=O) groups is 1. The van der Waals surface area contributed by atoms with Gasteiger partial charge in [-0.3, -0.25) is 4.79 Å². The number of hydrogen-bond acceptors (Lipinski definition) is 4. The van der Waals surface area contributed by atoms with Crippen LogP contribution >= 0.6 is 0 Å². The molecule has 1 N–H and O–H groups in total. The Kier molecular flexibility index (Phi) is 6.99. The standard InChI is InChI=1S/C21H27F3N4O3S/c1-4-32(30,31)27-9-7-16(8-10-27)20(29)25-13-17-5-6-18(12-19(17)21(22,23)24)28-15(3)11-14(2)26-28/h5-6,11-12,16H,4,7-10,13H2,1-3H3,(H,25,29). The molecule has 1 saturated heterocycles. The Morgan fingerprint density at radius 3 is 2.38 bits per heavy atom. The van der Waals surface area contributed by atoms with Crippen LogP contribution in [0.15, 0.2) is 24.3 Å². The van der Waals surface area contributed by atoms with Crippen LogP contribution in [0.25, 0.3) is 5.69 Å². The number of halogens is 3. The van der Waals surface area contributed by atoms with Crippen molar-refractivity contribution in [3.05, 3.63) is 46.8 Å². The summed E-state index contributed by atoms with van der Waals surface area (Å²) >= 11 is 0. The Labute approximate surface area is 185 Å². The topological polar surface area (TPSA) is 84.3 Å². The molecule has 2 heterocycles. The lowest BCUT2D eigenvalue weighted by Crippen LogP contribution is -2.43. The second kappa shape index (κ2) is 9.22. The monoisotopic (exact) mass is 472 g/mol. The fourth-order valence-corrected chi connectivity index (χ4v) is 5.04. The first kappa shape index (κ1) is 24.2. The maximum atomic E-state index is 13.7. The highest BCUT2D eigenvalue weighted by molar-refractivity contribution is 7.89. The summed E-state index contributed by atoms with van der Waals surface area (Å²) in [7, 11) is -3.31. The van der Waals surface area contributed by atoms with Crippen molar-refractivity contribution in [1.82, 2.24) is 19.4 Å². The quantitative estimate of drug-likeness (QED) is 0.700. The van der Waals surface area contributed by atoms with Gasteiger partial charge in [-0.2, -0.15) is 18.3 Å². The number of rotatable bonds is 6. The zero-order chi connectivity index (χ0) is 23.7. The summed E-state index contributed by atoms with van der Waals surface area (Å²) in [5.74, 6) is -0.798.